The third kappa shape index (κ3) is 3.53. The predicted molar refractivity (Wildman–Crippen MR) is 91.3 cm³/mol. The minimum absolute atomic E-state index is 0.223. The van der Waals surface area contributed by atoms with Gasteiger partial charge in [-0.15, -0.1) is 0 Å². The van der Waals surface area contributed by atoms with E-state index in [1.807, 2.05) is 0 Å². The number of amides is 1. The predicted octanol–water partition coefficient (Wildman–Crippen LogP) is 3.08. The summed E-state index contributed by atoms with van der Waals surface area (Å²) in [5.74, 6) is -1.74. The van der Waals surface area contributed by atoms with E-state index in [2.05, 4.69) is 15.5 Å². The van der Waals surface area contributed by atoms with Crippen molar-refractivity contribution in [1.29, 1.82) is 0 Å². The zero-order valence-corrected chi connectivity index (χ0v) is 14.4. The number of hydrogen-bond donors (Lipinski definition) is 1. The molecule has 0 saturated heterocycles. The van der Waals surface area contributed by atoms with Crippen LogP contribution in [0, 0.1) is 26.6 Å². The number of aromatic nitrogens is 2. The van der Waals surface area contributed by atoms with Crippen LogP contribution < -0.4 is 5.32 Å². The first-order valence-corrected chi connectivity index (χ1v) is 7.82. The molecule has 0 saturated carbocycles. The lowest BCUT2D eigenvalue weighted by Gasteiger charge is -2.09. The maximum atomic E-state index is 13.3. The molecule has 7 nitrogen and oxygen atoms in total. The number of nitrogens with zero attached hydrogens (tertiary/aromatic N) is 2. The lowest BCUT2D eigenvalue weighted by molar-refractivity contribution is -0.119. The highest BCUT2D eigenvalue weighted by molar-refractivity contribution is 6.04. The maximum Gasteiger partial charge on any atom is 0.339 e. The summed E-state index contributed by atoms with van der Waals surface area (Å²) >= 11 is 0. The van der Waals surface area contributed by atoms with E-state index in [4.69, 9.17) is 9.26 Å². The van der Waals surface area contributed by atoms with E-state index in [1.54, 1.807) is 32.9 Å². The summed E-state index contributed by atoms with van der Waals surface area (Å²) in [6.07, 6.45) is 0. The monoisotopic (exact) mass is 357 g/mol. The number of halogens is 1. The second-order valence-corrected chi connectivity index (χ2v) is 5.84. The second-order valence-electron chi connectivity index (χ2n) is 5.84. The zero-order valence-electron chi connectivity index (χ0n) is 14.4. The van der Waals surface area contributed by atoms with Gasteiger partial charge in [0.1, 0.15) is 5.82 Å². The number of pyridine rings is 1. The van der Waals surface area contributed by atoms with Crippen LogP contribution in [0.15, 0.2) is 28.8 Å². The van der Waals surface area contributed by atoms with E-state index in [-0.39, 0.29) is 11.3 Å². The first kappa shape index (κ1) is 17.5. The Labute approximate surface area is 148 Å². The van der Waals surface area contributed by atoms with Crippen LogP contribution in [0.25, 0.3) is 11.1 Å². The Kier molecular flexibility index (Phi) is 4.66. The van der Waals surface area contributed by atoms with Gasteiger partial charge in [0, 0.05) is 11.4 Å². The van der Waals surface area contributed by atoms with Gasteiger partial charge in [0.05, 0.1) is 16.6 Å². The maximum absolute atomic E-state index is 13.3. The fourth-order valence-corrected chi connectivity index (χ4v) is 2.50. The minimum Gasteiger partial charge on any atom is -0.452 e. The molecule has 26 heavy (non-hydrogen) atoms. The quantitative estimate of drug-likeness (QED) is 0.721. The smallest absolute Gasteiger partial charge is 0.339 e. The molecule has 0 radical (unpaired) electrons. The first-order chi connectivity index (χ1) is 12.3. The Hall–Kier alpha value is -3.29. The summed E-state index contributed by atoms with van der Waals surface area (Å²) < 4.78 is 23.4. The van der Waals surface area contributed by atoms with Gasteiger partial charge in [-0.1, -0.05) is 11.2 Å². The summed E-state index contributed by atoms with van der Waals surface area (Å²) in [4.78, 5) is 28.5. The molecule has 0 fully saturated rings. The average Bonchev–Trinajstić information content (AvgIpc) is 2.96. The molecule has 0 atom stereocenters. The molecule has 0 aliphatic carbocycles. The van der Waals surface area contributed by atoms with E-state index in [0.717, 1.165) is 0 Å². The number of aryl methyl sites for hydroxylation is 3. The molecule has 3 rings (SSSR count). The normalized spacial score (nSPS) is 10.8. The van der Waals surface area contributed by atoms with Crippen molar-refractivity contribution >= 4 is 28.7 Å². The highest BCUT2D eigenvalue weighted by Gasteiger charge is 2.20. The summed E-state index contributed by atoms with van der Waals surface area (Å²) in [7, 11) is 0. The fraction of sp³-hybridized carbons (Fsp3) is 0.222. The van der Waals surface area contributed by atoms with Crippen molar-refractivity contribution in [3.8, 4) is 0 Å². The highest BCUT2D eigenvalue weighted by Crippen LogP contribution is 2.22. The molecule has 8 heteroatoms. The molecule has 2 aromatic heterocycles. The number of esters is 1. The van der Waals surface area contributed by atoms with Gasteiger partial charge in [-0.25, -0.2) is 14.2 Å². The number of ether oxygens (including phenoxy) is 1. The molecule has 1 amide bonds. The fourth-order valence-electron chi connectivity index (χ4n) is 2.50. The van der Waals surface area contributed by atoms with Crippen molar-refractivity contribution in [2.45, 2.75) is 20.8 Å². The van der Waals surface area contributed by atoms with Crippen molar-refractivity contribution < 1.29 is 23.2 Å². The number of rotatable bonds is 4. The Bertz CT molecular complexity index is 1010. The molecule has 2 heterocycles. The van der Waals surface area contributed by atoms with Crippen LogP contribution in [-0.2, 0) is 9.53 Å². The summed E-state index contributed by atoms with van der Waals surface area (Å²) in [5, 5.41) is 6.75. The van der Waals surface area contributed by atoms with Crippen molar-refractivity contribution in [2.24, 2.45) is 0 Å². The number of nitrogens with one attached hydrogen (secondary N) is 1. The van der Waals surface area contributed by atoms with Gasteiger partial charge in [0.15, 0.2) is 6.61 Å². The molecule has 1 N–H and O–H groups in total. The van der Waals surface area contributed by atoms with Crippen molar-refractivity contribution in [2.75, 3.05) is 11.9 Å². The van der Waals surface area contributed by atoms with Crippen LogP contribution in [0.5, 0.6) is 0 Å². The van der Waals surface area contributed by atoms with Gasteiger partial charge in [0.25, 0.3) is 11.6 Å². The van der Waals surface area contributed by atoms with Crippen LogP contribution in [0.3, 0.4) is 0 Å². The molecule has 1 aromatic carbocycles. The van der Waals surface area contributed by atoms with Gasteiger partial charge in [0.2, 0.25) is 0 Å². The molecule has 0 aliphatic heterocycles. The van der Waals surface area contributed by atoms with E-state index >= 15 is 0 Å². The van der Waals surface area contributed by atoms with Gasteiger partial charge < -0.3 is 14.6 Å². The van der Waals surface area contributed by atoms with Crippen LogP contribution in [0.4, 0.5) is 10.1 Å². The molecule has 134 valence electrons. The Balaban J connectivity index is 1.72. The second kappa shape index (κ2) is 6.91. The standard InChI is InChI=1S/C18H16FN3O4/c1-9-4-5-12(19)7-14(9)21-15(23)8-25-18(24)13-6-10(2)20-17-16(13)11(3)22-26-17/h4-7H,8H2,1-3H3,(H,21,23). The van der Waals surface area contributed by atoms with Crippen LogP contribution in [0.2, 0.25) is 0 Å². The average molecular weight is 357 g/mol. The first-order valence-electron chi connectivity index (χ1n) is 7.82. The summed E-state index contributed by atoms with van der Waals surface area (Å²) in [5.41, 5.74) is 2.52. The van der Waals surface area contributed by atoms with Crippen molar-refractivity contribution in [1.82, 2.24) is 10.1 Å². The number of carbonyl (C=O) groups excluding carboxylic acids is 2. The molecule has 3 aromatic rings. The number of hydrogen-bond acceptors (Lipinski definition) is 6. The molecular weight excluding hydrogens is 341 g/mol. The number of fused-ring (bicyclic) bond motifs is 1. The van der Waals surface area contributed by atoms with Gasteiger partial charge >= 0.3 is 5.97 Å². The molecular formula is C18H16FN3O4. The molecule has 0 spiro atoms. The van der Waals surface area contributed by atoms with Crippen molar-refractivity contribution in [3.63, 3.8) is 0 Å². The lowest BCUT2D eigenvalue weighted by atomic mass is 10.1. The lowest BCUT2D eigenvalue weighted by Crippen LogP contribution is -2.21. The third-order valence-corrected chi connectivity index (χ3v) is 3.77. The van der Waals surface area contributed by atoms with E-state index < -0.39 is 24.3 Å². The van der Waals surface area contributed by atoms with Gasteiger partial charge in [-0.05, 0) is 44.5 Å². The molecule has 0 bridgehead atoms. The Morgan fingerprint density at radius 1 is 1.23 bits per heavy atom. The third-order valence-electron chi connectivity index (χ3n) is 3.77. The topological polar surface area (TPSA) is 94.3 Å². The van der Waals surface area contributed by atoms with Crippen LogP contribution >= 0.6 is 0 Å². The van der Waals surface area contributed by atoms with Gasteiger partial charge in [-0.3, -0.25) is 4.79 Å². The molecule has 0 unspecified atom stereocenters. The van der Waals surface area contributed by atoms with Gasteiger partial charge in [-0.2, -0.15) is 0 Å². The van der Waals surface area contributed by atoms with Crippen molar-refractivity contribution in [3.05, 3.63) is 52.6 Å². The van der Waals surface area contributed by atoms with E-state index in [0.29, 0.717) is 28.0 Å². The number of anilines is 1. The Morgan fingerprint density at radius 3 is 2.77 bits per heavy atom. The van der Waals surface area contributed by atoms with E-state index in [1.165, 1.54) is 12.1 Å². The van der Waals surface area contributed by atoms with Crippen LogP contribution in [-0.4, -0.2) is 28.6 Å². The zero-order chi connectivity index (χ0) is 18.8. The Morgan fingerprint density at radius 2 is 2.00 bits per heavy atom. The number of benzene rings is 1. The van der Waals surface area contributed by atoms with Crippen LogP contribution in [0.1, 0.15) is 27.3 Å². The largest absolute Gasteiger partial charge is 0.452 e. The number of carbonyl (C=O) groups is 2. The minimum atomic E-state index is -0.696. The highest BCUT2D eigenvalue weighted by atomic mass is 19.1. The summed E-state index contributed by atoms with van der Waals surface area (Å²) in [6.45, 7) is 4.60. The SMILES string of the molecule is Cc1cc(C(=O)OCC(=O)Nc2cc(F)ccc2C)c2c(C)noc2n1. The molecule has 0 aliphatic rings. The summed E-state index contributed by atoms with van der Waals surface area (Å²) in [6, 6.07) is 5.58. The van der Waals surface area contributed by atoms with E-state index in [9.17, 15) is 14.0 Å².